The van der Waals surface area contributed by atoms with Crippen LogP contribution in [0.2, 0.25) is 0 Å². The van der Waals surface area contributed by atoms with E-state index in [0.717, 1.165) is 47.3 Å². The van der Waals surface area contributed by atoms with Crippen molar-refractivity contribution < 1.29 is 103 Å². The van der Waals surface area contributed by atoms with Gasteiger partial charge in [-0.25, -0.2) is 0 Å². The van der Waals surface area contributed by atoms with Gasteiger partial charge in [0.1, 0.15) is 0 Å². The molecule has 9 aliphatic rings. The van der Waals surface area contributed by atoms with E-state index in [-0.39, 0.29) is 17.1 Å². The molecule has 8 atom stereocenters. The van der Waals surface area contributed by atoms with Gasteiger partial charge in [-0.15, -0.1) is 0 Å². The van der Waals surface area contributed by atoms with E-state index >= 15 is 0 Å². The van der Waals surface area contributed by atoms with E-state index in [2.05, 4.69) is 85.3 Å². The van der Waals surface area contributed by atoms with Crippen molar-refractivity contribution in [3.63, 3.8) is 0 Å². The van der Waals surface area contributed by atoms with Crippen LogP contribution < -0.4 is 42.5 Å². The molecule has 12 N–H and O–H groups in total. The molecule has 28 nitrogen and oxygen atoms in total. The van der Waals surface area contributed by atoms with Crippen LogP contribution in [0.15, 0.2) is 0 Å². The minimum Gasteiger partial charge on any atom is -0.286 e. The molecule has 1 radical (unpaired) electrons. The van der Waals surface area contributed by atoms with Crippen molar-refractivity contribution in [2.45, 2.75) is 152 Å². The SMILES string of the molecule is C1CCC2C3NC(NC4NC(NC5NC(NC6NC(N3)C3CCCCC63)C3CCCCC53)C3CCCCC43)C2C1.O=S(=O)(O)S(=O)(=O)Cl.O=S(=O)(O)S(=O)(=O)Cl.O=S(=O)(O)S(=O)(=O)Cl.O=S(=O)(O)S(=O)(=O)Cl.[Cu]. The van der Waals surface area contributed by atoms with Gasteiger partial charge in [0.25, 0.3) is 0 Å². The molecule has 5 heterocycles. The smallest absolute Gasteiger partial charge is 0.286 e. The van der Waals surface area contributed by atoms with Crippen LogP contribution in [-0.2, 0) is 86.0 Å². The zero-order chi connectivity index (χ0) is 54.2. The van der Waals surface area contributed by atoms with E-state index in [1.165, 1.54) is 103 Å². The zero-order valence-electron chi connectivity index (χ0n) is 38.0. The maximum atomic E-state index is 9.58. The first-order valence-electron chi connectivity index (χ1n) is 22.6. The van der Waals surface area contributed by atoms with Crippen molar-refractivity contribution in [2.24, 2.45) is 47.3 Å². The molecular formula is C32H60Cl4CuN8O20S8. The van der Waals surface area contributed by atoms with Gasteiger partial charge < -0.3 is 0 Å². The average molecular weight is 1340 g/mol. The predicted molar refractivity (Wildman–Crippen MR) is 262 cm³/mol. The molecule has 0 amide bonds. The van der Waals surface area contributed by atoms with Crippen LogP contribution in [0.25, 0.3) is 0 Å². The van der Waals surface area contributed by atoms with Gasteiger partial charge in [-0.3, -0.25) is 60.7 Å². The summed E-state index contributed by atoms with van der Waals surface area (Å²) < 4.78 is 183. The van der Waals surface area contributed by atoms with Gasteiger partial charge in [0.2, 0.25) is 0 Å². The first kappa shape index (κ1) is 66.3. The molecule has 0 aromatic heterocycles. The Morgan fingerprint density at radius 1 is 0.247 bits per heavy atom. The topological polar surface area (TPSA) is 450 Å². The molecule has 0 aromatic rings. The number of hydrogen-bond acceptors (Lipinski definition) is 24. The van der Waals surface area contributed by atoms with Crippen molar-refractivity contribution in [3.05, 3.63) is 0 Å². The van der Waals surface area contributed by atoms with Gasteiger partial charge in [0.05, 0.1) is 49.3 Å². The molecule has 5 saturated heterocycles. The van der Waals surface area contributed by atoms with Crippen LogP contribution in [0.1, 0.15) is 103 Å². The van der Waals surface area contributed by atoms with E-state index in [0.29, 0.717) is 49.3 Å². The second-order valence-electron chi connectivity index (χ2n) is 18.9. The number of hydrogen-bond donors (Lipinski definition) is 12. The molecule has 5 aliphatic heterocycles. The average Bonchev–Trinajstić information content (AvgIpc) is 3.98. The minimum absolute atomic E-state index is 0. The minimum atomic E-state index is -5.10. The van der Waals surface area contributed by atoms with Crippen molar-refractivity contribution in [3.8, 4) is 0 Å². The maximum Gasteiger partial charge on any atom is 0.386 e. The molecule has 9 rings (SSSR count). The van der Waals surface area contributed by atoms with Crippen LogP contribution in [0.3, 0.4) is 0 Å². The van der Waals surface area contributed by atoms with Gasteiger partial charge in [0.15, 0.2) is 0 Å². The van der Waals surface area contributed by atoms with Gasteiger partial charge in [-0.05, 0) is 98.7 Å². The quantitative estimate of drug-likeness (QED) is 0.0765. The summed E-state index contributed by atoms with van der Waals surface area (Å²) in [6.07, 6.45) is 25.6. The Morgan fingerprint density at radius 2 is 0.329 bits per heavy atom. The summed E-state index contributed by atoms with van der Waals surface area (Å²) in [6.45, 7) is 0. The van der Waals surface area contributed by atoms with Gasteiger partial charge in [-0.1, -0.05) is 51.4 Å². The fourth-order valence-electron chi connectivity index (χ4n) is 12.0. The molecule has 435 valence electrons. The number of rotatable bonds is 4. The Kier molecular flexibility index (Phi) is 23.4. The number of fused-ring (bicyclic) bond motifs is 20. The standard InChI is InChI=1S/C32H56N8.4ClHO5S2.Cu/c1-2-10-18-17(9-1)25-33-26(18)38-28-21-13-5-6-14-22(21)30(35-28)40-32-24-16-8-7-15-23(24)31(36-32)39-29-20-12-4-3-11-19(20)27(34-29)37-25;4*1-7(2,3)8(4,5)6;/h17-40H,1-16H2;4*(H,4,5,6);. The van der Waals surface area contributed by atoms with Crippen molar-refractivity contribution >= 4 is 112 Å². The fourth-order valence-corrected chi connectivity index (χ4v) is 12.0. The summed E-state index contributed by atoms with van der Waals surface area (Å²) in [5.74, 6) is 5.97. The Bertz CT molecular complexity index is 2290. The molecular weight excluding hydrogens is 1280 g/mol. The molecule has 8 unspecified atom stereocenters. The third kappa shape index (κ3) is 17.4. The van der Waals surface area contributed by atoms with Crippen LogP contribution >= 0.6 is 42.7 Å². The van der Waals surface area contributed by atoms with Crippen LogP contribution in [-0.4, -0.2) is 135 Å². The van der Waals surface area contributed by atoms with E-state index in [4.69, 9.17) is 18.2 Å². The van der Waals surface area contributed by atoms with Crippen molar-refractivity contribution in [1.29, 1.82) is 0 Å². The van der Waals surface area contributed by atoms with Gasteiger partial charge in [0, 0.05) is 59.8 Å². The Labute approximate surface area is 452 Å². The summed E-state index contributed by atoms with van der Waals surface area (Å²) in [4.78, 5) is 0. The molecule has 0 spiro atoms. The fraction of sp³-hybridized carbons (Fsp3) is 1.00. The number of halogens is 4. The van der Waals surface area contributed by atoms with E-state index < -0.39 is 68.9 Å². The Hall–Kier alpha value is 0.799. The second kappa shape index (κ2) is 25.7. The molecule has 41 heteroatoms. The predicted octanol–water partition coefficient (Wildman–Crippen LogP) is 0.0343. The molecule has 8 bridgehead atoms. The normalized spacial score (nSPS) is 37.6. The first-order valence-corrected chi connectivity index (χ1v) is 39.6. The van der Waals surface area contributed by atoms with Gasteiger partial charge >= 0.3 is 68.9 Å². The first-order chi connectivity index (χ1) is 32.8. The maximum absolute atomic E-state index is 9.58. The molecule has 73 heavy (non-hydrogen) atoms. The van der Waals surface area contributed by atoms with Crippen LogP contribution in [0.4, 0.5) is 0 Å². The molecule has 4 saturated carbocycles. The second-order valence-corrected chi connectivity index (χ2v) is 42.8. The van der Waals surface area contributed by atoms with Crippen LogP contribution in [0, 0.1) is 47.3 Å². The summed E-state index contributed by atoms with van der Waals surface area (Å²) >= 11 is 0. The molecule has 0 aromatic carbocycles. The monoisotopic (exact) mass is 1330 g/mol. The van der Waals surface area contributed by atoms with E-state index in [1.54, 1.807) is 0 Å². The van der Waals surface area contributed by atoms with Crippen molar-refractivity contribution in [2.75, 3.05) is 0 Å². The van der Waals surface area contributed by atoms with Gasteiger partial charge in [-0.2, -0.15) is 67.3 Å². The molecule has 4 aliphatic carbocycles. The Morgan fingerprint density at radius 3 is 0.397 bits per heavy atom. The van der Waals surface area contributed by atoms with Crippen molar-refractivity contribution in [1.82, 2.24) is 42.5 Å². The largest absolute Gasteiger partial charge is 0.386 e. The third-order valence-corrected chi connectivity index (χ3v) is 28.6. The zero-order valence-corrected chi connectivity index (χ0v) is 48.4. The third-order valence-electron chi connectivity index (χ3n) is 14.8. The summed E-state index contributed by atoms with van der Waals surface area (Å²) in [5.41, 5.74) is 0. The summed E-state index contributed by atoms with van der Waals surface area (Å²) in [5, 5.41) is 33.8. The summed E-state index contributed by atoms with van der Waals surface area (Å²) in [6, 6.07) is 0. The Balaban J connectivity index is 0.000000287. The summed E-state index contributed by atoms with van der Waals surface area (Å²) in [7, 11) is -23.2. The van der Waals surface area contributed by atoms with E-state index in [9.17, 15) is 67.3 Å². The molecule has 9 fully saturated rings. The number of nitrogens with one attached hydrogen (secondary N) is 8. The van der Waals surface area contributed by atoms with E-state index in [1.807, 2.05) is 0 Å². The van der Waals surface area contributed by atoms with Crippen LogP contribution in [0.5, 0.6) is 0 Å².